The van der Waals surface area contributed by atoms with E-state index in [-0.39, 0.29) is 0 Å². The molecule has 1 aromatic carbocycles. The number of hydrogen-bond acceptors (Lipinski definition) is 6. The van der Waals surface area contributed by atoms with E-state index in [1.54, 1.807) is 25.0 Å². The molecule has 0 bridgehead atoms. The number of hydrogen-bond donors (Lipinski definition) is 0. The molecule has 7 nitrogen and oxygen atoms in total. The van der Waals surface area contributed by atoms with Gasteiger partial charge in [-0.05, 0) is 17.7 Å². The Kier molecular flexibility index (Phi) is 6.48. The maximum absolute atomic E-state index is 12.7. The minimum atomic E-state index is -4.34. The number of nitrogens with zero attached hydrogens (tertiary/aromatic N) is 5. The van der Waals surface area contributed by atoms with Gasteiger partial charge in [0, 0.05) is 26.1 Å². The quantitative estimate of drug-likeness (QED) is 0.512. The first-order chi connectivity index (χ1) is 13.8. The first kappa shape index (κ1) is 21.2. The molecule has 2 aromatic heterocycles. The number of halogens is 3. The summed E-state index contributed by atoms with van der Waals surface area (Å²) in [5, 5.41) is 13.4. The van der Waals surface area contributed by atoms with E-state index < -0.39 is 11.7 Å². The molecule has 156 valence electrons. The van der Waals surface area contributed by atoms with Gasteiger partial charge in [-0.25, -0.2) is 0 Å². The van der Waals surface area contributed by atoms with Crippen LogP contribution < -0.4 is 4.74 Å². The number of methoxy groups -OCH3 is 2. The molecule has 3 aromatic rings. The van der Waals surface area contributed by atoms with E-state index >= 15 is 0 Å². The summed E-state index contributed by atoms with van der Waals surface area (Å²) >= 11 is 1.38. The van der Waals surface area contributed by atoms with Crippen LogP contribution in [0.3, 0.4) is 0 Å². The fourth-order valence-electron chi connectivity index (χ4n) is 2.69. The number of alkyl halides is 3. The van der Waals surface area contributed by atoms with Crippen molar-refractivity contribution in [2.45, 2.75) is 23.6 Å². The molecule has 0 N–H and O–H groups in total. The minimum Gasteiger partial charge on any atom is -0.479 e. The van der Waals surface area contributed by atoms with Gasteiger partial charge in [-0.2, -0.15) is 13.2 Å². The van der Waals surface area contributed by atoms with Crippen LogP contribution in [0.5, 0.6) is 5.88 Å². The molecule has 3 rings (SSSR count). The van der Waals surface area contributed by atoms with Gasteiger partial charge >= 0.3 is 6.18 Å². The molecule has 0 aliphatic heterocycles. The predicted molar refractivity (Wildman–Crippen MR) is 102 cm³/mol. The summed E-state index contributed by atoms with van der Waals surface area (Å²) in [6.45, 7) is 0.952. The van der Waals surface area contributed by atoms with Crippen molar-refractivity contribution in [2.75, 3.05) is 20.8 Å². The van der Waals surface area contributed by atoms with Crippen molar-refractivity contribution in [2.24, 2.45) is 7.05 Å². The highest BCUT2D eigenvalue weighted by molar-refractivity contribution is 7.98. The van der Waals surface area contributed by atoms with Crippen LogP contribution in [0.4, 0.5) is 13.2 Å². The zero-order valence-corrected chi connectivity index (χ0v) is 16.9. The lowest BCUT2D eigenvalue weighted by atomic mass is 10.1. The molecular formula is C18H20F3N5O2S. The van der Waals surface area contributed by atoms with Gasteiger partial charge in [-0.15, -0.1) is 15.3 Å². The summed E-state index contributed by atoms with van der Waals surface area (Å²) in [5.74, 6) is 1.47. The molecule has 0 amide bonds. The van der Waals surface area contributed by atoms with Gasteiger partial charge in [0.15, 0.2) is 11.0 Å². The molecular weight excluding hydrogens is 407 g/mol. The van der Waals surface area contributed by atoms with Crippen molar-refractivity contribution in [3.8, 4) is 17.3 Å². The molecule has 0 fully saturated rings. The van der Waals surface area contributed by atoms with Crippen LogP contribution in [0.25, 0.3) is 11.4 Å². The van der Waals surface area contributed by atoms with E-state index in [0.717, 1.165) is 17.7 Å². The van der Waals surface area contributed by atoms with Gasteiger partial charge in [0.05, 0.1) is 25.8 Å². The number of aryl methyl sites for hydroxylation is 1. The van der Waals surface area contributed by atoms with Crippen molar-refractivity contribution < 1.29 is 22.6 Å². The lowest BCUT2D eigenvalue weighted by Gasteiger charge is -2.10. The highest BCUT2D eigenvalue weighted by Crippen LogP contribution is 2.32. The third-order valence-electron chi connectivity index (χ3n) is 4.11. The van der Waals surface area contributed by atoms with Crippen molar-refractivity contribution in [3.05, 3.63) is 41.6 Å². The Morgan fingerprint density at radius 1 is 1.10 bits per heavy atom. The molecule has 0 atom stereocenters. The lowest BCUT2D eigenvalue weighted by molar-refractivity contribution is -0.137. The van der Waals surface area contributed by atoms with Crippen molar-refractivity contribution >= 4 is 11.8 Å². The number of thioether (sulfide) groups is 1. The maximum Gasteiger partial charge on any atom is 0.416 e. The monoisotopic (exact) mass is 427 g/mol. The fourth-order valence-corrected chi connectivity index (χ4v) is 3.61. The SMILES string of the molecule is COCCn1c(SCc2ccc(C(F)(F)F)cc2)nnc1-c1cn(C)nc1OC. The molecule has 0 radical (unpaired) electrons. The molecule has 0 aliphatic rings. The Bertz CT molecular complexity index is 954. The van der Waals surface area contributed by atoms with Gasteiger partial charge in [-0.1, -0.05) is 23.9 Å². The molecule has 0 spiro atoms. The van der Waals surface area contributed by atoms with E-state index in [4.69, 9.17) is 9.47 Å². The second kappa shape index (κ2) is 8.87. The largest absolute Gasteiger partial charge is 0.479 e. The van der Waals surface area contributed by atoms with Crippen molar-refractivity contribution in [3.63, 3.8) is 0 Å². The Morgan fingerprint density at radius 3 is 2.45 bits per heavy atom. The van der Waals surface area contributed by atoms with Gasteiger partial charge in [0.1, 0.15) is 5.56 Å². The second-order valence-electron chi connectivity index (χ2n) is 6.16. The van der Waals surface area contributed by atoms with Gasteiger partial charge in [-0.3, -0.25) is 9.25 Å². The second-order valence-corrected chi connectivity index (χ2v) is 7.10. The Balaban J connectivity index is 1.83. The highest BCUT2D eigenvalue weighted by Gasteiger charge is 2.30. The standard InChI is InChI=1S/C18H20F3N5O2S/c1-25-10-14(16(24-25)28-3)15-22-23-17(26(15)8-9-27-2)29-11-12-4-6-13(7-5-12)18(19,20)21/h4-7,10H,8-9,11H2,1-3H3. The van der Waals surface area contributed by atoms with Crippen LogP contribution in [-0.4, -0.2) is 45.4 Å². The number of benzene rings is 1. The van der Waals surface area contributed by atoms with Crippen molar-refractivity contribution in [1.82, 2.24) is 24.5 Å². The van der Waals surface area contributed by atoms with Crippen LogP contribution in [0.15, 0.2) is 35.6 Å². The van der Waals surface area contributed by atoms with Crippen LogP contribution in [0.1, 0.15) is 11.1 Å². The van der Waals surface area contributed by atoms with E-state index in [0.29, 0.717) is 41.3 Å². The Morgan fingerprint density at radius 2 is 1.83 bits per heavy atom. The normalized spacial score (nSPS) is 11.8. The summed E-state index contributed by atoms with van der Waals surface area (Å²) in [5.41, 5.74) is 0.783. The molecule has 0 aliphatic carbocycles. The average molecular weight is 427 g/mol. The smallest absolute Gasteiger partial charge is 0.416 e. The Hall–Kier alpha value is -2.53. The van der Waals surface area contributed by atoms with Crippen LogP contribution in [0, 0.1) is 0 Å². The number of ether oxygens (including phenoxy) is 2. The molecule has 29 heavy (non-hydrogen) atoms. The van der Waals surface area contributed by atoms with E-state index in [9.17, 15) is 13.2 Å². The topological polar surface area (TPSA) is 67.0 Å². The zero-order valence-electron chi connectivity index (χ0n) is 16.1. The third-order valence-corrected chi connectivity index (χ3v) is 5.15. The number of aromatic nitrogens is 5. The van der Waals surface area contributed by atoms with Gasteiger partial charge in [0.2, 0.25) is 5.88 Å². The molecule has 0 saturated carbocycles. The summed E-state index contributed by atoms with van der Waals surface area (Å²) in [4.78, 5) is 0. The first-order valence-electron chi connectivity index (χ1n) is 8.62. The number of rotatable bonds is 8. The van der Waals surface area contributed by atoms with Crippen molar-refractivity contribution in [1.29, 1.82) is 0 Å². The first-order valence-corrected chi connectivity index (χ1v) is 9.61. The lowest BCUT2D eigenvalue weighted by Crippen LogP contribution is -2.08. The summed E-state index contributed by atoms with van der Waals surface area (Å²) in [6.07, 6.45) is -2.56. The third kappa shape index (κ3) is 4.91. The van der Waals surface area contributed by atoms with Crippen LogP contribution in [0.2, 0.25) is 0 Å². The molecule has 0 unspecified atom stereocenters. The molecule has 11 heteroatoms. The summed E-state index contributed by atoms with van der Waals surface area (Å²) < 4.78 is 52.2. The van der Waals surface area contributed by atoms with Crippen LogP contribution >= 0.6 is 11.8 Å². The minimum absolute atomic E-state index is 0.429. The maximum atomic E-state index is 12.7. The highest BCUT2D eigenvalue weighted by atomic mass is 32.2. The summed E-state index contributed by atoms with van der Waals surface area (Å²) in [6, 6.07) is 5.10. The average Bonchev–Trinajstić information content (AvgIpc) is 3.26. The van der Waals surface area contributed by atoms with E-state index in [1.807, 2.05) is 4.57 Å². The predicted octanol–water partition coefficient (Wildman–Crippen LogP) is 3.64. The van der Waals surface area contributed by atoms with Gasteiger partial charge < -0.3 is 9.47 Å². The zero-order chi connectivity index (χ0) is 21.0. The fraction of sp³-hybridized carbons (Fsp3) is 0.389. The van der Waals surface area contributed by atoms with E-state index in [2.05, 4.69) is 15.3 Å². The van der Waals surface area contributed by atoms with Crippen LogP contribution in [-0.2, 0) is 30.3 Å². The molecule has 2 heterocycles. The van der Waals surface area contributed by atoms with E-state index in [1.165, 1.54) is 31.0 Å². The van der Waals surface area contributed by atoms with Gasteiger partial charge in [0.25, 0.3) is 0 Å². The summed E-state index contributed by atoms with van der Waals surface area (Å²) in [7, 11) is 4.91. The molecule has 0 saturated heterocycles. The Labute approximate surface area is 169 Å².